The average molecular weight is 275 g/mol. The van der Waals surface area contributed by atoms with Crippen molar-refractivity contribution in [3.8, 4) is 11.5 Å². The zero-order valence-corrected chi connectivity index (χ0v) is 11.1. The number of halogens is 1. The van der Waals surface area contributed by atoms with Crippen LogP contribution in [0.2, 0.25) is 0 Å². The van der Waals surface area contributed by atoms with Gasteiger partial charge in [0.15, 0.2) is 0 Å². The van der Waals surface area contributed by atoms with Crippen molar-refractivity contribution in [3.63, 3.8) is 0 Å². The van der Waals surface area contributed by atoms with Gasteiger partial charge >= 0.3 is 0 Å². The number of oxime groups is 1. The fourth-order valence-electron chi connectivity index (χ4n) is 2.00. The van der Waals surface area contributed by atoms with Crippen LogP contribution in [0.15, 0.2) is 41.6 Å². The Morgan fingerprint density at radius 2 is 1.85 bits per heavy atom. The van der Waals surface area contributed by atoms with Crippen molar-refractivity contribution in [2.75, 3.05) is 7.11 Å². The van der Waals surface area contributed by atoms with Gasteiger partial charge in [0.2, 0.25) is 0 Å². The normalized spacial score (nSPS) is 11.4. The molecule has 0 radical (unpaired) electrons. The van der Waals surface area contributed by atoms with E-state index in [0.29, 0.717) is 11.3 Å². The van der Waals surface area contributed by atoms with Gasteiger partial charge in [0, 0.05) is 16.7 Å². The maximum atomic E-state index is 13.8. The summed E-state index contributed by atoms with van der Waals surface area (Å²) in [4.78, 5) is 0. The number of aromatic hydroxyl groups is 1. The highest BCUT2D eigenvalue weighted by atomic mass is 19.1. The van der Waals surface area contributed by atoms with Crippen molar-refractivity contribution in [2.24, 2.45) is 5.16 Å². The van der Waals surface area contributed by atoms with Crippen LogP contribution in [0.1, 0.15) is 16.7 Å². The predicted octanol–water partition coefficient (Wildman–Crippen LogP) is 3.07. The van der Waals surface area contributed by atoms with E-state index in [0.717, 1.165) is 0 Å². The molecule has 0 aromatic heterocycles. The van der Waals surface area contributed by atoms with Crippen LogP contribution in [0.25, 0.3) is 0 Å². The van der Waals surface area contributed by atoms with Gasteiger partial charge in [0.05, 0.1) is 7.11 Å². The quantitative estimate of drug-likeness (QED) is 0.514. The van der Waals surface area contributed by atoms with Crippen LogP contribution in [0.3, 0.4) is 0 Å². The van der Waals surface area contributed by atoms with Crippen molar-refractivity contribution >= 4 is 5.71 Å². The molecule has 20 heavy (non-hydrogen) atoms. The monoisotopic (exact) mass is 275 g/mol. The zero-order valence-electron chi connectivity index (χ0n) is 11.1. The van der Waals surface area contributed by atoms with E-state index in [1.165, 1.54) is 31.4 Å². The zero-order chi connectivity index (χ0) is 14.7. The first kappa shape index (κ1) is 13.9. The van der Waals surface area contributed by atoms with E-state index >= 15 is 0 Å². The van der Waals surface area contributed by atoms with Gasteiger partial charge in [-0.2, -0.15) is 0 Å². The molecule has 0 bridgehead atoms. The number of ether oxygens (including phenoxy) is 1. The minimum absolute atomic E-state index is 0.0358. The van der Waals surface area contributed by atoms with Gasteiger partial charge < -0.3 is 15.1 Å². The number of rotatable bonds is 3. The number of hydrogen-bond donors (Lipinski definition) is 2. The van der Waals surface area contributed by atoms with Gasteiger partial charge in [-0.25, -0.2) is 4.39 Å². The van der Waals surface area contributed by atoms with Gasteiger partial charge in [-0.1, -0.05) is 17.3 Å². The Hall–Kier alpha value is -2.56. The third-order valence-electron chi connectivity index (χ3n) is 3.09. The number of methoxy groups -OCH3 is 1. The van der Waals surface area contributed by atoms with E-state index in [1.54, 1.807) is 19.1 Å². The summed E-state index contributed by atoms with van der Waals surface area (Å²) < 4.78 is 18.9. The molecule has 0 aliphatic rings. The van der Waals surface area contributed by atoms with Crippen LogP contribution in [0.5, 0.6) is 11.5 Å². The summed E-state index contributed by atoms with van der Waals surface area (Å²) in [7, 11) is 1.49. The molecule has 2 rings (SSSR count). The van der Waals surface area contributed by atoms with Crippen molar-refractivity contribution in [2.45, 2.75) is 6.92 Å². The Labute approximate surface area is 115 Å². The van der Waals surface area contributed by atoms with Crippen molar-refractivity contribution in [3.05, 3.63) is 58.9 Å². The molecule has 0 spiro atoms. The average Bonchev–Trinajstić information content (AvgIpc) is 2.46. The third-order valence-corrected chi connectivity index (χ3v) is 3.09. The highest BCUT2D eigenvalue weighted by Gasteiger charge is 2.18. The lowest BCUT2D eigenvalue weighted by Gasteiger charge is -2.12. The first-order valence-electron chi connectivity index (χ1n) is 5.94. The number of benzene rings is 2. The topological polar surface area (TPSA) is 62.0 Å². The lowest BCUT2D eigenvalue weighted by Crippen LogP contribution is -2.07. The van der Waals surface area contributed by atoms with Gasteiger partial charge in [-0.05, 0) is 31.2 Å². The molecule has 104 valence electrons. The standard InChI is InChI=1S/C15H14FNO3/c1-9-13(20-2)8-7-11(15(9)18)14(17-19)10-5-3-4-6-12(10)16/h3-8,18-19H,1-2H3/b17-14-. The Morgan fingerprint density at radius 3 is 2.45 bits per heavy atom. The van der Waals surface area contributed by atoms with Gasteiger partial charge in [-0.15, -0.1) is 0 Å². The molecule has 0 atom stereocenters. The van der Waals surface area contributed by atoms with E-state index in [9.17, 15) is 14.7 Å². The molecule has 0 fully saturated rings. The van der Waals surface area contributed by atoms with E-state index in [-0.39, 0.29) is 22.6 Å². The molecule has 2 aromatic rings. The summed E-state index contributed by atoms with van der Waals surface area (Å²) in [6, 6.07) is 9.03. The Balaban J connectivity index is 2.61. The molecule has 0 aliphatic heterocycles. The second-order valence-corrected chi connectivity index (χ2v) is 4.22. The molecular weight excluding hydrogens is 261 g/mol. The van der Waals surface area contributed by atoms with Crippen LogP contribution >= 0.6 is 0 Å². The summed E-state index contributed by atoms with van der Waals surface area (Å²) in [6.45, 7) is 1.66. The lowest BCUT2D eigenvalue weighted by atomic mass is 9.98. The third kappa shape index (κ3) is 2.30. The fourth-order valence-corrected chi connectivity index (χ4v) is 2.00. The summed E-state index contributed by atoms with van der Waals surface area (Å²) in [5.41, 5.74) is 0.791. The molecule has 5 heteroatoms. The maximum absolute atomic E-state index is 13.8. The van der Waals surface area contributed by atoms with Crippen LogP contribution < -0.4 is 4.74 Å². The largest absolute Gasteiger partial charge is 0.507 e. The summed E-state index contributed by atoms with van der Waals surface area (Å²) >= 11 is 0. The van der Waals surface area contributed by atoms with E-state index < -0.39 is 5.82 Å². The predicted molar refractivity (Wildman–Crippen MR) is 73.2 cm³/mol. The van der Waals surface area contributed by atoms with E-state index in [1.807, 2.05) is 0 Å². The molecule has 0 saturated carbocycles. The molecule has 2 N–H and O–H groups in total. The Bertz CT molecular complexity index is 668. The molecule has 0 saturated heterocycles. The minimum Gasteiger partial charge on any atom is -0.507 e. The molecule has 0 unspecified atom stereocenters. The van der Waals surface area contributed by atoms with Crippen LogP contribution in [-0.2, 0) is 0 Å². The minimum atomic E-state index is -0.534. The van der Waals surface area contributed by atoms with Crippen LogP contribution in [0, 0.1) is 12.7 Å². The number of hydrogen-bond acceptors (Lipinski definition) is 4. The van der Waals surface area contributed by atoms with Gasteiger partial charge in [0.1, 0.15) is 23.0 Å². The smallest absolute Gasteiger partial charge is 0.132 e. The molecule has 2 aromatic carbocycles. The van der Waals surface area contributed by atoms with Crippen LogP contribution in [-0.4, -0.2) is 23.1 Å². The Morgan fingerprint density at radius 1 is 1.15 bits per heavy atom. The summed E-state index contributed by atoms with van der Waals surface area (Å²) in [6.07, 6.45) is 0. The Kier molecular flexibility index (Phi) is 3.89. The van der Waals surface area contributed by atoms with Crippen molar-refractivity contribution in [1.29, 1.82) is 0 Å². The number of nitrogens with zero attached hydrogens (tertiary/aromatic N) is 1. The lowest BCUT2D eigenvalue weighted by molar-refractivity contribution is 0.319. The van der Waals surface area contributed by atoms with Gasteiger partial charge in [-0.3, -0.25) is 0 Å². The van der Waals surface area contributed by atoms with Gasteiger partial charge in [0.25, 0.3) is 0 Å². The highest BCUT2D eigenvalue weighted by Crippen LogP contribution is 2.32. The second kappa shape index (κ2) is 5.61. The van der Waals surface area contributed by atoms with Crippen LogP contribution in [0.4, 0.5) is 4.39 Å². The molecule has 0 heterocycles. The maximum Gasteiger partial charge on any atom is 0.132 e. The second-order valence-electron chi connectivity index (χ2n) is 4.22. The molecule has 0 amide bonds. The van der Waals surface area contributed by atoms with E-state index in [2.05, 4.69) is 5.16 Å². The molecule has 0 aliphatic carbocycles. The number of phenolic OH excluding ortho intramolecular Hbond substituents is 1. The number of phenols is 1. The summed E-state index contributed by atoms with van der Waals surface area (Å²) in [5.74, 6) is -0.148. The summed E-state index contributed by atoms with van der Waals surface area (Å²) in [5, 5.41) is 22.5. The first-order valence-corrected chi connectivity index (χ1v) is 5.94. The van der Waals surface area contributed by atoms with Crippen molar-refractivity contribution < 1.29 is 19.4 Å². The molecular formula is C15H14FNO3. The first-order chi connectivity index (χ1) is 9.60. The highest BCUT2D eigenvalue weighted by molar-refractivity contribution is 6.14. The SMILES string of the molecule is COc1ccc(/C(=N\O)c2ccccc2F)c(O)c1C. The van der Waals surface area contributed by atoms with Crippen molar-refractivity contribution in [1.82, 2.24) is 0 Å². The fraction of sp³-hybridized carbons (Fsp3) is 0.133. The molecule has 4 nitrogen and oxygen atoms in total. The van der Waals surface area contributed by atoms with E-state index in [4.69, 9.17) is 4.74 Å².